The fraction of sp³-hybridized carbons (Fsp3) is 1.00. The minimum Gasteiger partial charge on any atom is -0.313 e. The molecule has 2 aliphatic rings. The summed E-state index contributed by atoms with van der Waals surface area (Å²) in [6.07, 6.45) is 2.51. The Hall–Kier alpha value is -0.220. The van der Waals surface area contributed by atoms with Crippen molar-refractivity contribution in [2.24, 2.45) is 0 Å². The summed E-state index contributed by atoms with van der Waals surface area (Å²) in [5, 5.41) is 3.40. The maximum atomic E-state index is 12.8. The molecule has 2 saturated heterocycles. The summed E-state index contributed by atoms with van der Waals surface area (Å²) < 4.78 is 25.7. The Kier molecular flexibility index (Phi) is 3.02. The topological polar surface area (TPSA) is 15.3 Å². The van der Waals surface area contributed by atoms with E-state index in [-0.39, 0.29) is 12.8 Å². The van der Waals surface area contributed by atoms with Gasteiger partial charge in [0.15, 0.2) is 0 Å². The van der Waals surface area contributed by atoms with E-state index in [0.717, 1.165) is 13.1 Å². The molecule has 0 spiro atoms. The molecule has 4 heteroatoms. The van der Waals surface area contributed by atoms with Crippen LogP contribution < -0.4 is 5.32 Å². The lowest BCUT2D eigenvalue weighted by atomic mass is 10.1. The van der Waals surface area contributed by atoms with E-state index in [1.807, 2.05) is 0 Å². The zero-order valence-corrected chi connectivity index (χ0v) is 8.44. The van der Waals surface area contributed by atoms with Crippen molar-refractivity contribution in [2.75, 3.05) is 26.2 Å². The zero-order chi connectivity index (χ0) is 10.0. The van der Waals surface area contributed by atoms with Gasteiger partial charge in [-0.2, -0.15) is 0 Å². The monoisotopic (exact) mass is 204 g/mol. The van der Waals surface area contributed by atoms with E-state index >= 15 is 0 Å². The Bertz CT molecular complexity index is 181. The second kappa shape index (κ2) is 4.11. The van der Waals surface area contributed by atoms with Crippen molar-refractivity contribution in [3.8, 4) is 0 Å². The Morgan fingerprint density at radius 3 is 2.57 bits per heavy atom. The Morgan fingerprint density at radius 2 is 2.00 bits per heavy atom. The van der Waals surface area contributed by atoms with E-state index in [1.165, 1.54) is 12.8 Å². The van der Waals surface area contributed by atoms with Gasteiger partial charge in [0.1, 0.15) is 0 Å². The number of likely N-dealkylation sites (tertiary alicyclic amines) is 1. The smallest absolute Gasteiger partial charge is 0.250 e. The van der Waals surface area contributed by atoms with Gasteiger partial charge in [0, 0.05) is 38.5 Å². The van der Waals surface area contributed by atoms with Crippen LogP contribution in [-0.4, -0.2) is 43.0 Å². The molecule has 2 aliphatic heterocycles. The molecule has 1 N–H and O–H groups in total. The highest BCUT2D eigenvalue weighted by molar-refractivity contribution is 4.82. The van der Waals surface area contributed by atoms with Gasteiger partial charge in [-0.05, 0) is 19.4 Å². The lowest BCUT2D eigenvalue weighted by Gasteiger charge is -2.33. The number of hydrogen-bond donors (Lipinski definition) is 1. The van der Waals surface area contributed by atoms with Crippen LogP contribution in [0, 0.1) is 0 Å². The number of hydrogen-bond acceptors (Lipinski definition) is 2. The van der Waals surface area contributed by atoms with Gasteiger partial charge in [0.25, 0.3) is 5.92 Å². The van der Waals surface area contributed by atoms with E-state index in [9.17, 15) is 8.78 Å². The summed E-state index contributed by atoms with van der Waals surface area (Å²) in [4.78, 5) is 2.17. The summed E-state index contributed by atoms with van der Waals surface area (Å²) in [7, 11) is 0. The highest BCUT2D eigenvalue weighted by atomic mass is 19.3. The molecule has 0 aromatic carbocycles. The van der Waals surface area contributed by atoms with Crippen LogP contribution in [0.4, 0.5) is 8.78 Å². The summed E-state index contributed by atoms with van der Waals surface area (Å²) in [6, 6.07) is 0.543. The largest absolute Gasteiger partial charge is 0.313 e. The minimum atomic E-state index is -2.40. The molecular formula is C10H18F2N2. The fourth-order valence-corrected chi connectivity index (χ4v) is 2.29. The fourth-order valence-electron chi connectivity index (χ4n) is 2.29. The van der Waals surface area contributed by atoms with Crippen LogP contribution in [0.3, 0.4) is 0 Å². The Balaban J connectivity index is 1.72. The molecule has 1 unspecified atom stereocenters. The van der Waals surface area contributed by atoms with Crippen LogP contribution in [-0.2, 0) is 0 Å². The number of halogens is 2. The molecule has 0 bridgehead atoms. The normalized spacial score (nSPS) is 33.4. The maximum absolute atomic E-state index is 12.8. The number of rotatable bonds is 2. The van der Waals surface area contributed by atoms with Crippen molar-refractivity contribution in [1.29, 1.82) is 0 Å². The third-order valence-electron chi connectivity index (χ3n) is 3.23. The van der Waals surface area contributed by atoms with Gasteiger partial charge >= 0.3 is 0 Å². The van der Waals surface area contributed by atoms with Crippen molar-refractivity contribution < 1.29 is 8.78 Å². The Labute approximate surface area is 83.7 Å². The van der Waals surface area contributed by atoms with Gasteiger partial charge in [-0.25, -0.2) is 8.78 Å². The standard InChI is InChI=1S/C10H18F2N2/c11-10(12)3-6-14(7-4-10)8-9-2-1-5-13-9/h9,13H,1-8H2. The van der Waals surface area contributed by atoms with Crippen molar-refractivity contribution in [1.82, 2.24) is 10.2 Å². The first-order valence-electron chi connectivity index (χ1n) is 5.49. The molecule has 1 atom stereocenters. The SMILES string of the molecule is FC1(F)CCN(CC2CCCN2)CC1. The van der Waals surface area contributed by atoms with Crippen LogP contribution in [0.25, 0.3) is 0 Å². The summed E-state index contributed by atoms with van der Waals surface area (Å²) in [6.45, 7) is 3.17. The average Bonchev–Trinajstić information content (AvgIpc) is 2.61. The van der Waals surface area contributed by atoms with Crippen LogP contribution in [0.2, 0.25) is 0 Å². The number of piperidine rings is 1. The van der Waals surface area contributed by atoms with Gasteiger partial charge < -0.3 is 10.2 Å². The number of nitrogens with zero attached hydrogens (tertiary/aromatic N) is 1. The molecule has 2 heterocycles. The third kappa shape index (κ3) is 2.64. The lowest BCUT2D eigenvalue weighted by molar-refractivity contribution is -0.0560. The third-order valence-corrected chi connectivity index (χ3v) is 3.23. The predicted octanol–water partition coefficient (Wildman–Crippen LogP) is 1.47. The molecule has 2 fully saturated rings. The van der Waals surface area contributed by atoms with Gasteiger partial charge in [0.2, 0.25) is 0 Å². The molecule has 2 rings (SSSR count). The van der Waals surface area contributed by atoms with Crippen molar-refractivity contribution in [3.05, 3.63) is 0 Å². The quantitative estimate of drug-likeness (QED) is 0.732. The summed E-state index contributed by atoms with van der Waals surface area (Å²) >= 11 is 0. The first-order chi connectivity index (χ1) is 6.66. The summed E-state index contributed by atoms with van der Waals surface area (Å²) in [5.74, 6) is -2.40. The molecule has 0 saturated carbocycles. The lowest BCUT2D eigenvalue weighted by Crippen LogP contribution is -2.44. The molecule has 82 valence electrons. The van der Waals surface area contributed by atoms with Gasteiger partial charge in [-0.3, -0.25) is 0 Å². The van der Waals surface area contributed by atoms with E-state index < -0.39 is 5.92 Å². The zero-order valence-electron chi connectivity index (χ0n) is 8.44. The molecule has 2 nitrogen and oxygen atoms in total. The van der Waals surface area contributed by atoms with Crippen LogP contribution in [0.1, 0.15) is 25.7 Å². The van der Waals surface area contributed by atoms with Crippen molar-refractivity contribution >= 4 is 0 Å². The van der Waals surface area contributed by atoms with Gasteiger partial charge in [-0.1, -0.05) is 0 Å². The van der Waals surface area contributed by atoms with Gasteiger partial charge in [-0.15, -0.1) is 0 Å². The molecule has 14 heavy (non-hydrogen) atoms. The van der Waals surface area contributed by atoms with Crippen molar-refractivity contribution in [3.63, 3.8) is 0 Å². The van der Waals surface area contributed by atoms with Crippen molar-refractivity contribution in [2.45, 2.75) is 37.6 Å². The van der Waals surface area contributed by atoms with E-state index in [2.05, 4.69) is 10.2 Å². The molecule has 0 amide bonds. The maximum Gasteiger partial charge on any atom is 0.250 e. The number of nitrogens with one attached hydrogen (secondary N) is 1. The van der Waals surface area contributed by atoms with E-state index in [4.69, 9.17) is 0 Å². The van der Waals surface area contributed by atoms with Crippen LogP contribution >= 0.6 is 0 Å². The van der Waals surface area contributed by atoms with Crippen LogP contribution in [0.15, 0.2) is 0 Å². The molecule has 0 aromatic heterocycles. The van der Waals surface area contributed by atoms with Gasteiger partial charge in [0.05, 0.1) is 0 Å². The molecule has 0 aliphatic carbocycles. The first kappa shape index (κ1) is 10.3. The number of alkyl halides is 2. The molecule has 0 radical (unpaired) electrons. The summed E-state index contributed by atoms with van der Waals surface area (Å²) in [5.41, 5.74) is 0. The average molecular weight is 204 g/mol. The predicted molar refractivity (Wildman–Crippen MR) is 51.6 cm³/mol. The molecular weight excluding hydrogens is 186 g/mol. The van der Waals surface area contributed by atoms with Crippen LogP contribution in [0.5, 0.6) is 0 Å². The second-order valence-corrected chi connectivity index (χ2v) is 4.45. The molecule has 0 aromatic rings. The first-order valence-corrected chi connectivity index (χ1v) is 5.49. The van der Waals surface area contributed by atoms with E-state index in [0.29, 0.717) is 19.1 Å². The minimum absolute atomic E-state index is 0.0414. The van der Waals surface area contributed by atoms with E-state index in [1.54, 1.807) is 0 Å². The second-order valence-electron chi connectivity index (χ2n) is 4.45. The Morgan fingerprint density at radius 1 is 1.29 bits per heavy atom. The highest BCUT2D eigenvalue weighted by Crippen LogP contribution is 2.27. The highest BCUT2D eigenvalue weighted by Gasteiger charge is 2.34.